The second-order valence-corrected chi connectivity index (χ2v) is 5.06. The Morgan fingerprint density at radius 1 is 1.35 bits per heavy atom. The molecule has 1 heterocycles. The quantitative estimate of drug-likeness (QED) is 0.612. The van der Waals surface area contributed by atoms with Gasteiger partial charge in [0.2, 0.25) is 0 Å². The van der Waals surface area contributed by atoms with Gasteiger partial charge in [-0.2, -0.15) is 0 Å². The van der Waals surface area contributed by atoms with Crippen LogP contribution in [0.1, 0.15) is 42.1 Å². The van der Waals surface area contributed by atoms with Crippen molar-refractivity contribution >= 4 is 11.9 Å². The predicted molar refractivity (Wildman–Crippen MR) is 76.5 cm³/mol. The van der Waals surface area contributed by atoms with Crippen LogP contribution < -0.4 is 0 Å². The number of amides is 1. The molecule has 0 unspecified atom stereocenters. The molecule has 1 amide bonds. The van der Waals surface area contributed by atoms with Gasteiger partial charge >= 0.3 is 5.97 Å². The van der Waals surface area contributed by atoms with Gasteiger partial charge in [0.25, 0.3) is 5.91 Å². The van der Waals surface area contributed by atoms with E-state index in [9.17, 15) is 9.59 Å². The van der Waals surface area contributed by atoms with Gasteiger partial charge in [-0.25, -0.2) is 0 Å². The second kappa shape index (κ2) is 7.08. The molecule has 0 spiro atoms. The molecular formula is C16H21NO3. The first kappa shape index (κ1) is 14.6. The highest BCUT2D eigenvalue weighted by Crippen LogP contribution is 2.18. The van der Waals surface area contributed by atoms with Gasteiger partial charge in [-0.3, -0.25) is 9.59 Å². The number of ether oxygens (including phenoxy) is 1. The third-order valence-electron chi connectivity index (χ3n) is 3.49. The molecule has 0 fully saturated rings. The first-order chi connectivity index (χ1) is 9.72. The van der Waals surface area contributed by atoms with Crippen LogP contribution in [0, 0.1) is 0 Å². The van der Waals surface area contributed by atoms with Crippen molar-refractivity contribution < 1.29 is 14.3 Å². The Morgan fingerprint density at radius 2 is 2.15 bits per heavy atom. The van der Waals surface area contributed by atoms with Crippen LogP contribution >= 0.6 is 0 Å². The van der Waals surface area contributed by atoms with E-state index in [0.29, 0.717) is 18.7 Å². The number of fused-ring (bicyclic) bond motifs is 1. The molecule has 1 aromatic rings. The fourth-order valence-electron chi connectivity index (χ4n) is 2.36. The highest BCUT2D eigenvalue weighted by atomic mass is 16.5. The molecular weight excluding hydrogens is 254 g/mol. The van der Waals surface area contributed by atoms with E-state index in [1.807, 2.05) is 31.2 Å². The number of nitrogens with zero attached hydrogens (tertiary/aromatic N) is 1. The topological polar surface area (TPSA) is 46.6 Å². The van der Waals surface area contributed by atoms with Gasteiger partial charge in [0, 0.05) is 12.1 Å². The van der Waals surface area contributed by atoms with Crippen molar-refractivity contribution in [1.82, 2.24) is 4.90 Å². The summed E-state index contributed by atoms with van der Waals surface area (Å²) in [5.41, 5.74) is 1.78. The number of hydrogen-bond acceptors (Lipinski definition) is 3. The molecule has 0 bridgehead atoms. The van der Waals surface area contributed by atoms with Crippen LogP contribution in [0.25, 0.3) is 0 Å². The summed E-state index contributed by atoms with van der Waals surface area (Å²) in [6.45, 7) is 3.14. The Morgan fingerprint density at radius 3 is 2.95 bits per heavy atom. The van der Waals surface area contributed by atoms with E-state index in [-0.39, 0.29) is 18.4 Å². The summed E-state index contributed by atoms with van der Waals surface area (Å²) in [6, 6.07) is 7.62. The molecule has 1 aromatic carbocycles. The summed E-state index contributed by atoms with van der Waals surface area (Å²) >= 11 is 0. The number of benzene rings is 1. The lowest BCUT2D eigenvalue weighted by molar-refractivity contribution is -0.144. The molecule has 0 N–H and O–H groups in total. The van der Waals surface area contributed by atoms with Crippen LogP contribution in [0.4, 0.5) is 0 Å². The van der Waals surface area contributed by atoms with E-state index in [1.54, 1.807) is 4.90 Å². The maximum Gasteiger partial charge on any atom is 0.325 e. The lowest BCUT2D eigenvalue weighted by Gasteiger charge is -2.19. The summed E-state index contributed by atoms with van der Waals surface area (Å²) < 4.78 is 5.13. The molecule has 4 nitrogen and oxygen atoms in total. The van der Waals surface area contributed by atoms with Crippen LogP contribution in [0.5, 0.6) is 0 Å². The normalized spacial score (nSPS) is 14.7. The largest absolute Gasteiger partial charge is 0.464 e. The van der Waals surface area contributed by atoms with Gasteiger partial charge in [0.05, 0.1) is 6.61 Å². The summed E-state index contributed by atoms with van der Waals surface area (Å²) in [4.78, 5) is 25.8. The highest BCUT2D eigenvalue weighted by Gasteiger charge is 2.24. The molecule has 0 aromatic heterocycles. The van der Waals surface area contributed by atoms with Gasteiger partial charge in [-0.1, -0.05) is 31.5 Å². The Labute approximate surface area is 119 Å². The SMILES string of the molecule is CCCCOC(=O)CN1CCCc2ccccc2C1=O. The lowest BCUT2D eigenvalue weighted by Crippen LogP contribution is -2.36. The molecule has 4 heteroatoms. The molecule has 108 valence electrons. The number of carbonyl (C=O) groups excluding carboxylic acids is 2. The van der Waals surface area contributed by atoms with Crippen molar-refractivity contribution in [2.45, 2.75) is 32.6 Å². The van der Waals surface area contributed by atoms with Crippen molar-refractivity contribution in [3.05, 3.63) is 35.4 Å². The molecule has 0 atom stereocenters. The maximum atomic E-state index is 12.4. The summed E-state index contributed by atoms with van der Waals surface area (Å²) in [5.74, 6) is -0.378. The molecule has 1 aliphatic rings. The van der Waals surface area contributed by atoms with E-state index in [4.69, 9.17) is 4.74 Å². The smallest absolute Gasteiger partial charge is 0.325 e. The monoisotopic (exact) mass is 275 g/mol. The first-order valence-electron chi connectivity index (χ1n) is 7.25. The second-order valence-electron chi connectivity index (χ2n) is 5.06. The van der Waals surface area contributed by atoms with Crippen molar-refractivity contribution in [3.63, 3.8) is 0 Å². The van der Waals surface area contributed by atoms with Crippen molar-refractivity contribution in [1.29, 1.82) is 0 Å². The fourth-order valence-corrected chi connectivity index (χ4v) is 2.36. The number of carbonyl (C=O) groups is 2. The van der Waals surface area contributed by atoms with E-state index in [2.05, 4.69) is 0 Å². The van der Waals surface area contributed by atoms with Gasteiger partial charge < -0.3 is 9.64 Å². The average molecular weight is 275 g/mol. The lowest BCUT2D eigenvalue weighted by atomic mass is 10.0. The Hall–Kier alpha value is -1.84. The van der Waals surface area contributed by atoms with Crippen LogP contribution in [-0.2, 0) is 16.0 Å². The Kier molecular flexibility index (Phi) is 5.16. The molecule has 1 aliphatic heterocycles. The van der Waals surface area contributed by atoms with E-state index < -0.39 is 0 Å². The Balaban J connectivity index is 1.99. The average Bonchev–Trinajstić information content (AvgIpc) is 2.60. The maximum absolute atomic E-state index is 12.4. The van der Waals surface area contributed by atoms with Gasteiger partial charge in [0.1, 0.15) is 6.54 Å². The van der Waals surface area contributed by atoms with Crippen molar-refractivity contribution in [2.24, 2.45) is 0 Å². The molecule has 2 rings (SSSR count). The number of aryl methyl sites for hydroxylation is 1. The number of hydrogen-bond donors (Lipinski definition) is 0. The number of rotatable bonds is 5. The summed E-state index contributed by atoms with van der Waals surface area (Å²) in [5, 5.41) is 0. The zero-order valence-corrected chi connectivity index (χ0v) is 11.9. The number of esters is 1. The minimum absolute atomic E-state index is 0.0525. The zero-order valence-electron chi connectivity index (χ0n) is 11.9. The molecule has 0 saturated carbocycles. The Bertz CT molecular complexity index is 484. The molecule has 20 heavy (non-hydrogen) atoms. The van der Waals surface area contributed by atoms with Crippen LogP contribution in [0.2, 0.25) is 0 Å². The summed E-state index contributed by atoms with van der Waals surface area (Å²) in [7, 11) is 0. The van der Waals surface area contributed by atoms with Crippen LogP contribution in [0.15, 0.2) is 24.3 Å². The van der Waals surface area contributed by atoms with Crippen LogP contribution in [-0.4, -0.2) is 36.5 Å². The molecule has 0 saturated heterocycles. The fraction of sp³-hybridized carbons (Fsp3) is 0.500. The minimum Gasteiger partial charge on any atom is -0.464 e. The van der Waals surface area contributed by atoms with Crippen molar-refractivity contribution in [3.8, 4) is 0 Å². The molecule has 0 radical (unpaired) electrons. The molecule has 0 aliphatic carbocycles. The highest BCUT2D eigenvalue weighted by molar-refractivity contribution is 5.97. The van der Waals surface area contributed by atoms with Gasteiger partial charge in [0.15, 0.2) is 0 Å². The first-order valence-corrected chi connectivity index (χ1v) is 7.25. The third kappa shape index (κ3) is 3.59. The van der Waals surface area contributed by atoms with E-state index in [0.717, 1.165) is 31.2 Å². The zero-order chi connectivity index (χ0) is 14.4. The van der Waals surface area contributed by atoms with Gasteiger partial charge in [-0.05, 0) is 30.9 Å². The van der Waals surface area contributed by atoms with Crippen molar-refractivity contribution in [2.75, 3.05) is 19.7 Å². The van der Waals surface area contributed by atoms with Gasteiger partial charge in [-0.15, -0.1) is 0 Å². The number of unbranched alkanes of at least 4 members (excludes halogenated alkanes) is 1. The predicted octanol–water partition coefficient (Wildman–Crippen LogP) is 2.42. The van der Waals surface area contributed by atoms with E-state index >= 15 is 0 Å². The minimum atomic E-state index is -0.314. The van der Waals surface area contributed by atoms with E-state index in [1.165, 1.54) is 0 Å². The standard InChI is InChI=1S/C16H21NO3/c1-2-3-11-20-15(18)12-17-10-6-8-13-7-4-5-9-14(13)16(17)19/h4-5,7,9H,2-3,6,8,10-12H2,1H3. The summed E-state index contributed by atoms with van der Waals surface area (Å²) in [6.07, 6.45) is 3.61. The van der Waals surface area contributed by atoms with Crippen LogP contribution in [0.3, 0.4) is 0 Å². The third-order valence-corrected chi connectivity index (χ3v) is 3.49.